The third-order valence-corrected chi connectivity index (χ3v) is 12.0. The molecule has 4 atom stereocenters. The topological polar surface area (TPSA) is 38.8 Å². The third kappa shape index (κ3) is 5.47. The molecule has 0 aliphatic carbocycles. The van der Waals surface area contributed by atoms with Crippen LogP contribution in [-0.4, -0.2) is 51.9 Å². The van der Waals surface area contributed by atoms with Crippen LogP contribution in [0.15, 0.2) is 12.7 Å². The van der Waals surface area contributed by atoms with Gasteiger partial charge in [-0.25, -0.2) is 0 Å². The van der Waals surface area contributed by atoms with Crippen molar-refractivity contribution in [1.82, 2.24) is 4.31 Å². The van der Waals surface area contributed by atoms with Crippen LogP contribution in [0.5, 0.6) is 0 Å². The fourth-order valence-corrected chi connectivity index (χ4v) is 5.96. The van der Waals surface area contributed by atoms with Crippen LogP contribution in [0.2, 0.25) is 37.8 Å². The summed E-state index contributed by atoms with van der Waals surface area (Å²) in [4.78, 5) is 12.8. The van der Waals surface area contributed by atoms with Crippen LogP contribution in [0, 0.1) is 11.8 Å². The zero-order chi connectivity index (χ0) is 20.5. The lowest BCUT2D eigenvalue weighted by atomic mass is 9.78. The van der Waals surface area contributed by atoms with E-state index in [1.54, 1.807) is 0 Å². The van der Waals surface area contributed by atoms with E-state index in [9.17, 15) is 4.79 Å². The summed E-state index contributed by atoms with van der Waals surface area (Å²) in [6.45, 7) is 24.4. The molecule has 1 saturated heterocycles. The minimum Gasteiger partial charge on any atom is -0.417 e. The van der Waals surface area contributed by atoms with Crippen molar-refractivity contribution in [2.75, 3.05) is 12.9 Å². The lowest BCUT2D eigenvalue weighted by molar-refractivity contribution is -0.154. The third-order valence-electron chi connectivity index (χ3n) is 5.58. The first-order chi connectivity index (χ1) is 11.7. The second-order valence-electron chi connectivity index (χ2n) is 9.77. The number of nitrogens with zero attached hydrogens (tertiary/aromatic N) is 1. The van der Waals surface area contributed by atoms with Crippen molar-refractivity contribution in [3.63, 3.8) is 0 Å². The maximum atomic E-state index is 12.8. The summed E-state index contributed by atoms with van der Waals surface area (Å²) in [6.07, 6.45) is 3.82. The van der Waals surface area contributed by atoms with Gasteiger partial charge in [0, 0.05) is 18.8 Å². The average molecular weight is 418 g/mol. The van der Waals surface area contributed by atoms with E-state index in [2.05, 4.69) is 67.0 Å². The van der Waals surface area contributed by atoms with Crippen LogP contribution in [0.25, 0.3) is 0 Å². The van der Waals surface area contributed by atoms with Gasteiger partial charge in [-0.2, -0.15) is 0 Å². The first-order valence-electron chi connectivity index (χ1n) is 9.48. The Kier molecular flexibility index (Phi) is 7.84. The second kappa shape index (κ2) is 8.51. The molecular weight excluding hydrogens is 378 g/mol. The molecule has 7 heteroatoms. The van der Waals surface area contributed by atoms with E-state index in [4.69, 9.17) is 8.85 Å². The number of amides is 1. The molecule has 1 rings (SSSR count). The number of carbonyl (C=O) groups excluding carboxylic acids is 1. The number of hydrogen-bond donors (Lipinski definition) is 0. The second-order valence-corrected chi connectivity index (χ2v) is 19.8. The number of hydrogen-bond acceptors (Lipinski definition) is 4. The fraction of sp³-hybridized carbons (Fsp3) is 0.842. The lowest BCUT2D eigenvalue weighted by Crippen LogP contribution is -2.65. The Morgan fingerprint density at radius 1 is 1.27 bits per heavy atom. The van der Waals surface area contributed by atoms with Crippen molar-refractivity contribution in [2.45, 2.75) is 77.6 Å². The minimum absolute atomic E-state index is 0.0890. The average Bonchev–Trinajstić information content (AvgIpc) is 2.44. The number of carbonyl (C=O) groups is 1. The monoisotopic (exact) mass is 417 g/mol. The summed E-state index contributed by atoms with van der Waals surface area (Å²) >= 11 is 1.50. The SMILES string of the molecule is C=C[C@H](CO[Si](C)(C)C)[C@@H]1[C@@H]([C@@H](C)O[Si](C)(C)C(C)(C)C)C(=O)N1SC. The van der Waals surface area contributed by atoms with Gasteiger partial charge in [0.05, 0.1) is 18.1 Å². The van der Waals surface area contributed by atoms with Gasteiger partial charge < -0.3 is 8.85 Å². The molecular formula is C19H39NO3SSi2. The first-order valence-corrected chi connectivity index (χ1v) is 17.0. The Hall–Kier alpha value is -0.0862. The van der Waals surface area contributed by atoms with E-state index in [1.165, 1.54) is 11.9 Å². The molecule has 26 heavy (non-hydrogen) atoms. The van der Waals surface area contributed by atoms with Gasteiger partial charge in [-0.3, -0.25) is 9.10 Å². The molecule has 0 N–H and O–H groups in total. The molecule has 152 valence electrons. The van der Waals surface area contributed by atoms with E-state index >= 15 is 0 Å². The van der Waals surface area contributed by atoms with Crippen LogP contribution in [0.4, 0.5) is 0 Å². The molecule has 0 saturated carbocycles. The van der Waals surface area contributed by atoms with Gasteiger partial charge in [-0.15, -0.1) is 6.58 Å². The predicted octanol–water partition coefficient (Wildman–Crippen LogP) is 5.16. The van der Waals surface area contributed by atoms with E-state index in [1.807, 2.05) is 16.6 Å². The molecule has 0 unspecified atom stereocenters. The molecule has 0 aromatic rings. The molecule has 4 nitrogen and oxygen atoms in total. The normalized spacial score (nSPS) is 24.2. The zero-order valence-corrected chi connectivity index (χ0v) is 21.2. The van der Waals surface area contributed by atoms with Crippen molar-refractivity contribution in [1.29, 1.82) is 0 Å². The first kappa shape index (κ1) is 24.0. The highest BCUT2D eigenvalue weighted by Gasteiger charge is 2.54. The van der Waals surface area contributed by atoms with Crippen LogP contribution in [-0.2, 0) is 13.6 Å². The van der Waals surface area contributed by atoms with Gasteiger partial charge in [0.2, 0.25) is 5.91 Å². The van der Waals surface area contributed by atoms with Gasteiger partial charge >= 0.3 is 0 Å². The predicted molar refractivity (Wildman–Crippen MR) is 118 cm³/mol. The lowest BCUT2D eigenvalue weighted by Gasteiger charge is -2.52. The van der Waals surface area contributed by atoms with Crippen molar-refractivity contribution < 1.29 is 13.6 Å². The highest BCUT2D eigenvalue weighted by Crippen LogP contribution is 2.44. The highest BCUT2D eigenvalue weighted by atomic mass is 32.2. The quantitative estimate of drug-likeness (QED) is 0.225. The zero-order valence-electron chi connectivity index (χ0n) is 18.4. The standard InChI is InChI=1S/C19H39NO3SSi2/c1-12-15(13-22-25(7,8)9)17-16(18(21)20(17)24-6)14(2)23-26(10,11)19(3,4)5/h12,14-17H,1,13H2,2-11H3/t14-,15-,16-,17-/m1/s1. The van der Waals surface area contributed by atoms with Crippen LogP contribution >= 0.6 is 11.9 Å². The molecule has 0 radical (unpaired) electrons. The van der Waals surface area contributed by atoms with Gasteiger partial charge in [-0.1, -0.05) is 38.8 Å². The summed E-state index contributed by atoms with van der Waals surface area (Å²) in [5.41, 5.74) is 0. The Bertz CT molecular complexity index is 514. The van der Waals surface area contributed by atoms with Crippen molar-refractivity contribution in [2.24, 2.45) is 11.8 Å². The molecule has 0 bridgehead atoms. The van der Waals surface area contributed by atoms with Gasteiger partial charge in [0.1, 0.15) is 0 Å². The van der Waals surface area contributed by atoms with Crippen LogP contribution in [0.3, 0.4) is 0 Å². The summed E-state index contributed by atoms with van der Waals surface area (Å²) in [5, 5.41) is 0.127. The molecule has 1 heterocycles. The highest BCUT2D eigenvalue weighted by molar-refractivity contribution is 7.96. The smallest absolute Gasteiger partial charge is 0.240 e. The van der Waals surface area contributed by atoms with Crippen molar-refractivity contribution >= 4 is 34.5 Å². The number of β-lactam (4-membered cyclic amide) rings is 1. The molecule has 1 aliphatic rings. The van der Waals surface area contributed by atoms with E-state index in [-0.39, 0.29) is 34.9 Å². The molecule has 0 spiro atoms. The summed E-state index contributed by atoms with van der Waals surface area (Å²) in [5.74, 6) is 0.181. The Morgan fingerprint density at radius 2 is 1.81 bits per heavy atom. The van der Waals surface area contributed by atoms with E-state index < -0.39 is 16.6 Å². The number of rotatable bonds is 9. The van der Waals surface area contributed by atoms with Crippen molar-refractivity contribution in [3.8, 4) is 0 Å². The van der Waals surface area contributed by atoms with Crippen LogP contribution < -0.4 is 0 Å². The van der Waals surface area contributed by atoms with Gasteiger partial charge in [-0.05, 0) is 44.7 Å². The van der Waals surface area contributed by atoms with Gasteiger partial charge in [0.15, 0.2) is 16.6 Å². The summed E-state index contributed by atoms with van der Waals surface area (Å²) in [6, 6.07) is 0.0890. The Morgan fingerprint density at radius 3 is 2.19 bits per heavy atom. The maximum absolute atomic E-state index is 12.8. The molecule has 0 aromatic heterocycles. The van der Waals surface area contributed by atoms with E-state index in [0.29, 0.717) is 6.61 Å². The minimum atomic E-state index is -1.93. The Balaban J connectivity index is 2.97. The molecule has 1 fully saturated rings. The molecule has 1 aliphatic heterocycles. The maximum Gasteiger partial charge on any atom is 0.240 e. The Labute approximate surface area is 167 Å². The van der Waals surface area contributed by atoms with Crippen LogP contribution in [0.1, 0.15) is 27.7 Å². The summed E-state index contributed by atoms with van der Waals surface area (Å²) < 4.78 is 14.6. The molecule has 1 amide bonds. The van der Waals surface area contributed by atoms with E-state index in [0.717, 1.165) is 0 Å². The summed E-state index contributed by atoms with van der Waals surface area (Å²) in [7, 11) is -3.54. The molecule has 0 aromatic carbocycles. The largest absolute Gasteiger partial charge is 0.417 e. The van der Waals surface area contributed by atoms with Crippen molar-refractivity contribution in [3.05, 3.63) is 12.7 Å². The van der Waals surface area contributed by atoms with Gasteiger partial charge in [0.25, 0.3) is 0 Å². The fourth-order valence-electron chi connectivity index (χ4n) is 3.00.